The van der Waals surface area contributed by atoms with Gasteiger partial charge in [-0.25, -0.2) is 0 Å². The lowest BCUT2D eigenvalue weighted by atomic mass is 9.42. The molecule has 2 atom stereocenters. The molecular formula is C23H40O2. The topological polar surface area (TPSA) is 26.3 Å². The number of hydrogen-bond donors (Lipinski definition) is 0. The summed E-state index contributed by atoms with van der Waals surface area (Å²) in [6.07, 6.45) is 8.93. The van der Waals surface area contributed by atoms with Gasteiger partial charge in [-0.3, -0.25) is 4.79 Å². The lowest BCUT2D eigenvalue weighted by molar-refractivity contribution is -0.215. The quantitative estimate of drug-likeness (QED) is 0.532. The maximum absolute atomic E-state index is 12.8. The van der Waals surface area contributed by atoms with Crippen molar-refractivity contribution in [3.05, 3.63) is 0 Å². The maximum Gasteiger partial charge on any atom is 0.312 e. The van der Waals surface area contributed by atoms with Crippen LogP contribution >= 0.6 is 0 Å². The molecule has 4 fully saturated rings. The zero-order chi connectivity index (χ0) is 18.6. The highest BCUT2D eigenvalue weighted by atomic mass is 16.6. The minimum Gasteiger partial charge on any atom is -0.459 e. The number of esters is 1. The molecule has 4 rings (SSSR count). The Morgan fingerprint density at radius 3 is 2.12 bits per heavy atom. The summed E-state index contributed by atoms with van der Waals surface area (Å²) < 4.78 is 6.26. The van der Waals surface area contributed by atoms with E-state index in [0.29, 0.717) is 0 Å². The number of hydrogen-bond acceptors (Lipinski definition) is 2. The summed E-state index contributed by atoms with van der Waals surface area (Å²) in [4.78, 5) is 12.8. The van der Waals surface area contributed by atoms with Gasteiger partial charge in [0.25, 0.3) is 0 Å². The van der Waals surface area contributed by atoms with E-state index in [9.17, 15) is 4.79 Å². The van der Waals surface area contributed by atoms with E-state index in [1.807, 2.05) is 13.8 Å². The summed E-state index contributed by atoms with van der Waals surface area (Å²) in [5, 5.41) is 0. The third-order valence-corrected chi connectivity index (χ3v) is 8.27. The fraction of sp³-hybridized carbons (Fsp3) is 0.957. The third-order valence-electron chi connectivity index (χ3n) is 8.27. The van der Waals surface area contributed by atoms with Gasteiger partial charge in [0.05, 0.1) is 5.41 Å². The van der Waals surface area contributed by atoms with E-state index in [1.54, 1.807) is 0 Å². The van der Waals surface area contributed by atoms with Gasteiger partial charge in [-0.15, -0.1) is 0 Å². The molecule has 4 saturated carbocycles. The number of carbonyl (C=O) groups is 1. The first-order chi connectivity index (χ1) is 11.5. The number of ether oxygens (including phenoxy) is 1. The Balaban J connectivity index is 1.79. The van der Waals surface area contributed by atoms with Gasteiger partial charge in [0.2, 0.25) is 0 Å². The first-order valence-electron chi connectivity index (χ1n) is 10.7. The fourth-order valence-corrected chi connectivity index (χ4v) is 6.42. The van der Waals surface area contributed by atoms with Gasteiger partial charge in [0.15, 0.2) is 0 Å². The monoisotopic (exact) mass is 348 g/mol. The smallest absolute Gasteiger partial charge is 0.312 e. The van der Waals surface area contributed by atoms with Crippen molar-refractivity contribution in [2.45, 2.75) is 99.0 Å². The van der Waals surface area contributed by atoms with Crippen LogP contribution in [0, 0.1) is 40.4 Å². The molecule has 4 bridgehead atoms. The van der Waals surface area contributed by atoms with Crippen molar-refractivity contribution < 1.29 is 9.53 Å². The van der Waals surface area contributed by atoms with Crippen LogP contribution in [0.4, 0.5) is 0 Å². The van der Waals surface area contributed by atoms with Crippen LogP contribution in [0.5, 0.6) is 0 Å². The van der Waals surface area contributed by atoms with Crippen LogP contribution in [0.25, 0.3) is 0 Å². The first-order valence-corrected chi connectivity index (χ1v) is 10.7. The van der Waals surface area contributed by atoms with E-state index in [4.69, 9.17) is 4.74 Å². The van der Waals surface area contributed by atoms with Crippen LogP contribution in [-0.2, 0) is 9.53 Å². The molecule has 4 aliphatic rings. The van der Waals surface area contributed by atoms with Gasteiger partial charge in [-0.1, -0.05) is 20.8 Å². The second kappa shape index (κ2) is 6.27. The van der Waals surface area contributed by atoms with Crippen LogP contribution in [0.2, 0.25) is 0 Å². The van der Waals surface area contributed by atoms with Gasteiger partial charge in [0, 0.05) is 5.41 Å². The molecule has 0 aliphatic heterocycles. The Kier molecular flexibility index (Phi) is 4.83. The summed E-state index contributed by atoms with van der Waals surface area (Å²) >= 11 is 0. The molecular weight excluding hydrogens is 308 g/mol. The Morgan fingerprint density at radius 2 is 1.64 bits per heavy atom. The molecule has 2 heteroatoms. The van der Waals surface area contributed by atoms with E-state index in [0.717, 1.165) is 36.0 Å². The Morgan fingerprint density at radius 1 is 1.08 bits per heavy atom. The fourth-order valence-electron chi connectivity index (χ4n) is 6.42. The van der Waals surface area contributed by atoms with Gasteiger partial charge in [0.1, 0.15) is 5.60 Å². The van der Waals surface area contributed by atoms with Crippen molar-refractivity contribution in [3.63, 3.8) is 0 Å². The van der Waals surface area contributed by atoms with Gasteiger partial charge in [-0.2, -0.15) is 0 Å². The lowest BCUT2D eigenvalue weighted by Crippen LogP contribution is -2.60. The minimum absolute atomic E-state index is 0.00511. The van der Waals surface area contributed by atoms with E-state index in [1.165, 1.54) is 38.5 Å². The standard InChI is InChI=1S/C23H40O2/c1-8-21(4,5)20(24)25-22(6,7)23-12-16-10-17(13-23)19(9-15(2)3)18(11-16)14-23/h15-19H,8-14H2,1-7H3. The largest absolute Gasteiger partial charge is 0.459 e. The molecule has 0 saturated heterocycles. The zero-order valence-corrected chi connectivity index (χ0v) is 17.7. The predicted octanol–water partition coefficient (Wildman–Crippen LogP) is 6.23. The highest BCUT2D eigenvalue weighted by Gasteiger charge is 2.61. The second-order valence-corrected chi connectivity index (χ2v) is 11.2. The minimum atomic E-state index is -0.375. The molecule has 25 heavy (non-hydrogen) atoms. The van der Waals surface area contributed by atoms with Crippen LogP contribution in [0.15, 0.2) is 0 Å². The van der Waals surface area contributed by atoms with E-state index in [-0.39, 0.29) is 22.4 Å². The molecule has 0 aromatic rings. The molecule has 144 valence electrons. The van der Waals surface area contributed by atoms with Crippen LogP contribution in [-0.4, -0.2) is 11.6 Å². The first kappa shape index (κ1) is 19.2. The second-order valence-electron chi connectivity index (χ2n) is 11.2. The predicted molar refractivity (Wildman–Crippen MR) is 103 cm³/mol. The van der Waals surface area contributed by atoms with Crippen molar-refractivity contribution in [2.24, 2.45) is 40.4 Å². The highest BCUT2D eigenvalue weighted by Crippen LogP contribution is 2.67. The molecule has 2 unspecified atom stereocenters. The van der Waals surface area contributed by atoms with Gasteiger partial charge in [-0.05, 0) is 102 Å². The van der Waals surface area contributed by atoms with Crippen molar-refractivity contribution in [1.82, 2.24) is 0 Å². The van der Waals surface area contributed by atoms with Crippen molar-refractivity contribution in [3.8, 4) is 0 Å². The van der Waals surface area contributed by atoms with E-state index in [2.05, 4.69) is 34.6 Å². The van der Waals surface area contributed by atoms with E-state index < -0.39 is 0 Å². The van der Waals surface area contributed by atoms with Crippen LogP contribution in [0.1, 0.15) is 93.4 Å². The number of carbonyl (C=O) groups excluding carboxylic acids is 1. The van der Waals surface area contributed by atoms with E-state index >= 15 is 0 Å². The SMILES string of the molecule is CCC(C)(C)C(=O)OC(C)(C)C12CC3CC(C1)C(CC(C)C)C(C3)C2. The summed E-state index contributed by atoms with van der Waals surface area (Å²) in [5.41, 5.74) is -0.495. The molecule has 0 heterocycles. The highest BCUT2D eigenvalue weighted by molar-refractivity contribution is 5.76. The summed E-state index contributed by atoms with van der Waals surface area (Å²) in [5.74, 6) is 4.32. The van der Waals surface area contributed by atoms with Crippen LogP contribution < -0.4 is 0 Å². The average molecular weight is 349 g/mol. The molecule has 0 aromatic heterocycles. The summed E-state index contributed by atoms with van der Waals surface area (Å²) in [6.45, 7) is 15.3. The van der Waals surface area contributed by atoms with Crippen molar-refractivity contribution in [1.29, 1.82) is 0 Å². The van der Waals surface area contributed by atoms with Gasteiger partial charge >= 0.3 is 5.97 Å². The maximum atomic E-state index is 12.8. The number of rotatable bonds is 6. The summed E-state index contributed by atoms with van der Waals surface area (Å²) in [6, 6.07) is 0. The average Bonchev–Trinajstić information content (AvgIpc) is 2.49. The Hall–Kier alpha value is -0.530. The zero-order valence-electron chi connectivity index (χ0n) is 17.7. The van der Waals surface area contributed by atoms with Crippen molar-refractivity contribution >= 4 is 5.97 Å². The lowest BCUT2D eigenvalue weighted by Gasteiger charge is -2.64. The molecule has 2 nitrogen and oxygen atoms in total. The Labute approximate surface area is 155 Å². The van der Waals surface area contributed by atoms with Gasteiger partial charge < -0.3 is 4.74 Å². The molecule has 0 radical (unpaired) electrons. The van der Waals surface area contributed by atoms with Crippen molar-refractivity contribution in [2.75, 3.05) is 0 Å². The Bertz CT molecular complexity index is 500. The molecule has 4 aliphatic carbocycles. The molecule has 0 spiro atoms. The molecule has 0 N–H and O–H groups in total. The third kappa shape index (κ3) is 3.28. The van der Waals surface area contributed by atoms with Crippen LogP contribution in [0.3, 0.4) is 0 Å². The summed E-state index contributed by atoms with van der Waals surface area (Å²) in [7, 11) is 0. The molecule has 0 aromatic carbocycles. The molecule has 0 amide bonds. The normalized spacial score (nSPS) is 37.6.